The molecular formula is C20H19FN2O3. The van der Waals surface area contributed by atoms with Gasteiger partial charge in [0.25, 0.3) is 5.69 Å². The maximum atomic E-state index is 13.6. The second kappa shape index (κ2) is 7.91. The number of carbonyl (C=O) groups is 1. The molecule has 6 heteroatoms. The summed E-state index contributed by atoms with van der Waals surface area (Å²) >= 11 is 0. The van der Waals surface area contributed by atoms with Crippen molar-refractivity contribution >= 4 is 23.2 Å². The number of piperidine rings is 1. The Bertz CT molecular complexity index is 858. The molecule has 1 saturated heterocycles. The molecule has 0 radical (unpaired) electrons. The molecule has 1 fully saturated rings. The first-order valence-electron chi connectivity index (χ1n) is 8.56. The second-order valence-corrected chi connectivity index (χ2v) is 6.23. The number of nitrogens with zero attached hydrogens (tertiary/aromatic N) is 2. The van der Waals surface area contributed by atoms with E-state index < -0.39 is 16.5 Å². The summed E-state index contributed by atoms with van der Waals surface area (Å²) in [5.41, 5.74) is 1.13. The van der Waals surface area contributed by atoms with Crippen molar-refractivity contribution in [2.45, 2.75) is 19.3 Å². The Hall–Kier alpha value is -3.02. The minimum Gasteiger partial charge on any atom is -0.366 e. The van der Waals surface area contributed by atoms with Gasteiger partial charge in [0.1, 0.15) is 11.5 Å². The van der Waals surface area contributed by atoms with Crippen LogP contribution in [0.3, 0.4) is 0 Å². The molecule has 1 aliphatic heterocycles. The van der Waals surface area contributed by atoms with Crippen molar-refractivity contribution in [1.29, 1.82) is 0 Å². The highest BCUT2D eigenvalue weighted by Crippen LogP contribution is 2.31. The molecule has 0 amide bonds. The van der Waals surface area contributed by atoms with Gasteiger partial charge in [-0.1, -0.05) is 24.3 Å². The normalized spacial score (nSPS) is 14.6. The lowest BCUT2D eigenvalue weighted by Crippen LogP contribution is -2.29. The molecule has 0 bridgehead atoms. The van der Waals surface area contributed by atoms with Crippen molar-refractivity contribution in [2.24, 2.45) is 0 Å². The Morgan fingerprint density at radius 3 is 2.54 bits per heavy atom. The van der Waals surface area contributed by atoms with E-state index >= 15 is 0 Å². The van der Waals surface area contributed by atoms with Crippen molar-refractivity contribution in [2.75, 3.05) is 18.0 Å². The van der Waals surface area contributed by atoms with Crippen LogP contribution in [0, 0.1) is 15.9 Å². The molecule has 0 atom stereocenters. The smallest absolute Gasteiger partial charge is 0.293 e. The summed E-state index contributed by atoms with van der Waals surface area (Å²) in [5.74, 6) is -1.07. The van der Waals surface area contributed by atoms with E-state index in [0.29, 0.717) is 11.3 Å². The van der Waals surface area contributed by atoms with Gasteiger partial charge in [-0.25, -0.2) is 4.39 Å². The lowest BCUT2D eigenvalue weighted by atomic mass is 10.1. The van der Waals surface area contributed by atoms with Crippen molar-refractivity contribution in [1.82, 2.24) is 0 Å². The number of anilines is 1. The summed E-state index contributed by atoms with van der Waals surface area (Å²) in [6.45, 7) is 1.61. The van der Waals surface area contributed by atoms with E-state index in [0.717, 1.165) is 32.4 Å². The van der Waals surface area contributed by atoms with Crippen LogP contribution in [0.5, 0.6) is 0 Å². The summed E-state index contributed by atoms with van der Waals surface area (Å²) in [6, 6.07) is 10.6. The fourth-order valence-electron chi connectivity index (χ4n) is 3.12. The SMILES string of the molecule is O=C(C=Cc1ccc(N2CCCCC2)c([N+](=O)[O-])c1)c1ccccc1F. The summed E-state index contributed by atoms with van der Waals surface area (Å²) in [4.78, 5) is 25.2. The number of rotatable bonds is 5. The van der Waals surface area contributed by atoms with E-state index in [2.05, 4.69) is 0 Å². The minimum atomic E-state index is -0.589. The third-order valence-corrected chi connectivity index (χ3v) is 4.46. The molecule has 1 heterocycles. The average molecular weight is 354 g/mol. The third kappa shape index (κ3) is 3.96. The molecule has 0 aromatic heterocycles. The average Bonchev–Trinajstić information content (AvgIpc) is 2.67. The number of ketones is 1. The van der Waals surface area contributed by atoms with Crippen molar-refractivity contribution < 1.29 is 14.1 Å². The van der Waals surface area contributed by atoms with E-state index in [-0.39, 0.29) is 11.3 Å². The number of hydrogen-bond acceptors (Lipinski definition) is 4. The number of benzene rings is 2. The van der Waals surface area contributed by atoms with E-state index in [1.54, 1.807) is 18.2 Å². The highest BCUT2D eigenvalue weighted by molar-refractivity contribution is 6.07. The van der Waals surface area contributed by atoms with Crippen LogP contribution in [0.1, 0.15) is 35.2 Å². The van der Waals surface area contributed by atoms with Gasteiger partial charge in [-0.2, -0.15) is 0 Å². The van der Waals surface area contributed by atoms with Crippen LogP contribution in [0.15, 0.2) is 48.5 Å². The topological polar surface area (TPSA) is 63.5 Å². The first-order chi connectivity index (χ1) is 12.6. The van der Waals surface area contributed by atoms with Gasteiger partial charge in [0.2, 0.25) is 0 Å². The zero-order valence-corrected chi connectivity index (χ0v) is 14.2. The standard InChI is InChI=1S/C20H19FN2O3/c21-17-7-3-2-6-16(17)20(24)11-9-15-8-10-18(19(14-15)23(25)26)22-12-4-1-5-13-22/h2-3,6-11,14H,1,4-5,12-13H2. The van der Waals surface area contributed by atoms with Gasteiger partial charge in [-0.3, -0.25) is 14.9 Å². The second-order valence-electron chi connectivity index (χ2n) is 6.23. The number of halogens is 1. The predicted octanol–water partition coefficient (Wildman–Crippen LogP) is 4.62. The van der Waals surface area contributed by atoms with Gasteiger partial charge >= 0.3 is 0 Å². The summed E-state index contributed by atoms with van der Waals surface area (Å²) in [6.07, 6.45) is 5.90. The number of nitro groups is 1. The van der Waals surface area contributed by atoms with Crippen LogP contribution in [0.25, 0.3) is 6.08 Å². The molecule has 1 aliphatic rings. The van der Waals surface area contributed by atoms with Crippen LogP contribution in [-0.4, -0.2) is 23.8 Å². The number of carbonyl (C=O) groups excluding carboxylic acids is 1. The Morgan fingerprint density at radius 1 is 1.12 bits per heavy atom. The van der Waals surface area contributed by atoms with E-state index in [9.17, 15) is 19.3 Å². The molecule has 5 nitrogen and oxygen atoms in total. The maximum Gasteiger partial charge on any atom is 0.293 e. The first kappa shape index (κ1) is 17.8. The Kier molecular flexibility index (Phi) is 5.41. The fourth-order valence-corrected chi connectivity index (χ4v) is 3.12. The third-order valence-electron chi connectivity index (χ3n) is 4.46. The van der Waals surface area contributed by atoms with Crippen LogP contribution >= 0.6 is 0 Å². The Balaban J connectivity index is 1.84. The highest BCUT2D eigenvalue weighted by Gasteiger charge is 2.21. The largest absolute Gasteiger partial charge is 0.366 e. The molecule has 3 rings (SSSR count). The first-order valence-corrected chi connectivity index (χ1v) is 8.56. The minimum absolute atomic E-state index is 0.0207. The summed E-state index contributed by atoms with van der Waals surface area (Å²) < 4.78 is 13.6. The molecule has 2 aromatic rings. The summed E-state index contributed by atoms with van der Waals surface area (Å²) in [5, 5.41) is 11.5. The molecule has 0 aliphatic carbocycles. The zero-order valence-electron chi connectivity index (χ0n) is 14.2. The molecule has 0 saturated carbocycles. The fraction of sp³-hybridized carbons (Fsp3) is 0.250. The van der Waals surface area contributed by atoms with Gasteiger partial charge in [0, 0.05) is 19.2 Å². The van der Waals surface area contributed by atoms with Crippen LogP contribution < -0.4 is 4.90 Å². The number of hydrogen-bond donors (Lipinski definition) is 0. The number of nitro benzene ring substituents is 1. The van der Waals surface area contributed by atoms with E-state index in [1.807, 2.05) is 4.90 Å². The van der Waals surface area contributed by atoms with Gasteiger partial charge in [-0.05, 0) is 49.1 Å². The Morgan fingerprint density at radius 2 is 1.85 bits per heavy atom. The van der Waals surface area contributed by atoms with Gasteiger partial charge in [0.15, 0.2) is 5.78 Å². The molecule has 0 unspecified atom stereocenters. The molecular weight excluding hydrogens is 335 g/mol. The van der Waals surface area contributed by atoms with Crippen LogP contribution in [0.4, 0.5) is 15.8 Å². The molecule has 0 N–H and O–H groups in total. The van der Waals surface area contributed by atoms with Crippen molar-refractivity contribution in [3.8, 4) is 0 Å². The lowest BCUT2D eigenvalue weighted by molar-refractivity contribution is -0.384. The quantitative estimate of drug-likeness (QED) is 0.340. The van der Waals surface area contributed by atoms with Crippen molar-refractivity contribution in [3.63, 3.8) is 0 Å². The Labute approximate surface area is 150 Å². The van der Waals surface area contributed by atoms with Gasteiger partial charge in [0.05, 0.1) is 10.5 Å². The molecule has 0 spiro atoms. The highest BCUT2D eigenvalue weighted by atomic mass is 19.1. The van der Waals surface area contributed by atoms with E-state index in [1.165, 1.54) is 36.4 Å². The molecule has 134 valence electrons. The summed E-state index contributed by atoms with van der Waals surface area (Å²) in [7, 11) is 0. The number of allylic oxidation sites excluding steroid dienone is 1. The van der Waals surface area contributed by atoms with Crippen LogP contribution in [0.2, 0.25) is 0 Å². The maximum absolute atomic E-state index is 13.6. The predicted molar refractivity (Wildman–Crippen MR) is 98.9 cm³/mol. The molecule has 2 aromatic carbocycles. The van der Waals surface area contributed by atoms with Gasteiger partial charge in [-0.15, -0.1) is 0 Å². The monoisotopic (exact) mass is 354 g/mol. The molecule has 26 heavy (non-hydrogen) atoms. The lowest BCUT2D eigenvalue weighted by Gasteiger charge is -2.28. The van der Waals surface area contributed by atoms with Crippen molar-refractivity contribution in [3.05, 3.63) is 75.6 Å². The zero-order chi connectivity index (χ0) is 18.5. The van der Waals surface area contributed by atoms with E-state index in [4.69, 9.17) is 0 Å². The van der Waals surface area contributed by atoms with Crippen LogP contribution in [-0.2, 0) is 0 Å². The van der Waals surface area contributed by atoms with Gasteiger partial charge < -0.3 is 4.90 Å².